The number of ether oxygens (including phenoxy) is 2. The summed E-state index contributed by atoms with van der Waals surface area (Å²) >= 11 is 1.51. The van der Waals surface area contributed by atoms with Gasteiger partial charge in [0.25, 0.3) is 0 Å². The topological polar surface area (TPSA) is 112 Å². The summed E-state index contributed by atoms with van der Waals surface area (Å²) < 4.78 is 38.7. The van der Waals surface area contributed by atoms with E-state index in [0.717, 1.165) is 24.8 Å². The largest absolute Gasteiger partial charge is 0.486 e. The fourth-order valence-electron chi connectivity index (χ4n) is 4.79. The number of carbonyl (C=O) groups is 1. The van der Waals surface area contributed by atoms with Crippen molar-refractivity contribution in [2.45, 2.75) is 31.1 Å². The van der Waals surface area contributed by atoms with Gasteiger partial charge in [0, 0.05) is 37.1 Å². The second-order valence-corrected chi connectivity index (χ2v) is 12.2. The molecule has 1 amide bonds. The standard InChI is InChI=1S/C24H28N4O5S2/c1-16-2-4-18-19(14-25)24(34-22(18)12-16)26-23(29)15-27-6-8-28(9-7-27)35(30,31)17-3-5-20-21(13-17)33-11-10-32-20/h3,5,13,16H,2,4,6-12,15H2,1H3,(H,26,29). The first-order valence-corrected chi connectivity index (χ1v) is 14.1. The molecule has 186 valence electrons. The van der Waals surface area contributed by atoms with Crippen molar-refractivity contribution >= 4 is 32.3 Å². The number of thiophene rings is 1. The summed E-state index contributed by atoms with van der Waals surface area (Å²) in [6.45, 7) is 4.67. The third kappa shape index (κ3) is 4.89. The molecule has 2 aromatic rings. The van der Waals surface area contributed by atoms with Crippen LogP contribution in [0.1, 0.15) is 29.3 Å². The van der Waals surface area contributed by atoms with Gasteiger partial charge in [-0.1, -0.05) is 6.92 Å². The molecule has 1 N–H and O–H groups in total. The van der Waals surface area contributed by atoms with Crippen LogP contribution in [0.2, 0.25) is 0 Å². The smallest absolute Gasteiger partial charge is 0.243 e. The highest BCUT2D eigenvalue weighted by molar-refractivity contribution is 7.89. The predicted octanol–water partition coefficient (Wildman–Crippen LogP) is 2.46. The number of anilines is 1. The number of amides is 1. The molecular weight excluding hydrogens is 488 g/mol. The minimum absolute atomic E-state index is 0.155. The molecule has 3 aliphatic rings. The van der Waals surface area contributed by atoms with Crippen molar-refractivity contribution in [1.29, 1.82) is 5.26 Å². The molecule has 1 fully saturated rings. The van der Waals surface area contributed by atoms with E-state index < -0.39 is 10.0 Å². The van der Waals surface area contributed by atoms with Gasteiger partial charge in [-0.05, 0) is 42.9 Å². The summed E-state index contributed by atoms with van der Waals surface area (Å²) in [6.07, 6.45) is 2.89. The Kier molecular flexibility index (Phi) is 6.72. The van der Waals surface area contributed by atoms with Crippen molar-refractivity contribution in [2.75, 3.05) is 51.3 Å². The highest BCUT2D eigenvalue weighted by atomic mass is 32.2. The quantitative estimate of drug-likeness (QED) is 0.650. The highest BCUT2D eigenvalue weighted by Crippen LogP contribution is 2.39. The Bertz CT molecular complexity index is 1280. The molecule has 2 aliphatic heterocycles. The van der Waals surface area contributed by atoms with Gasteiger partial charge < -0.3 is 14.8 Å². The number of nitriles is 1. The maximum absolute atomic E-state index is 13.1. The van der Waals surface area contributed by atoms with E-state index in [0.29, 0.717) is 67.4 Å². The van der Waals surface area contributed by atoms with E-state index in [9.17, 15) is 18.5 Å². The van der Waals surface area contributed by atoms with Crippen molar-refractivity contribution in [3.05, 3.63) is 34.2 Å². The van der Waals surface area contributed by atoms with Gasteiger partial charge in [-0.2, -0.15) is 9.57 Å². The van der Waals surface area contributed by atoms with Crippen LogP contribution < -0.4 is 14.8 Å². The molecule has 0 bridgehead atoms. The molecule has 35 heavy (non-hydrogen) atoms. The normalized spacial score (nSPS) is 20.6. The molecule has 1 aromatic carbocycles. The molecule has 1 atom stereocenters. The highest BCUT2D eigenvalue weighted by Gasteiger charge is 2.31. The zero-order valence-electron chi connectivity index (χ0n) is 19.6. The number of hydrogen-bond acceptors (Lipinski definition) is 8. The summed E-state index contributed by atoms with van der Waals surface area (Å²) in [5.74, 6) is 1.39. The molecule has 1 aliphatic carbocycles. The first kappa shape index (κ1) is 24.1. The number of benzene rings is 1. The minimum Gasteiger partial charge on any atom is -0.486 e. The first-order valence-electron chi connectivity index (χ1n) is 11.8. The van der Waals surface area contributed by atoms with E-state index in [4.69, 9.17) is 9.47 Å². The van der Waals surface area contributed by atoms with Gasteiger partial charge in [-0.25, -0.2) is 8.42 Å². The molecule has 9 nitrogen and oxygen atoms in total. The molecule has 3 heterocycles. The minimum atomic E-state index is -3.68. The van der Waals surface area contributed by atoms with Crippen LogP contribution in [0.15, 0.2) is 23.1 Å². The lowest BCUT2D eigenvalue weighted by Crippen LogP contribution is -2.50. The number of sulfonamides is 1. The summed E-state index contributed by atoms with van der Waals surface area (Å²) in [6, 6.07) is 6.95. The fourth-order valence-corrected chi connectivity index (χ4v) is 7.60. The van der Waals surface area contributed by atoms with Gasteiger partial charge in [0.05, 0.1) is 17.0 Å². The van der Waals surface area contributed by atoms with E-state index in [2.05, 4.69) is 18.3 Å². The van der Waals surface area contributed by atoms with Gasteiger partial charge in [0.2, 0.25) is 15.9 Å². The molecule has 0 radical (unpaired) electrons. The van der Waals surface area contributed by atoms with Crippen LogP contribution in [-0.2, 0) is 27.7 Å². The Morgan fingerprint density at radius 3 is 2.69 bits per heavy atom. The van der Waals surface area contributed by atoms with Gasteiger partial charge in [0.15, 0.2) is 11.5 Å². The van der Waals surface area contributed by atoms with E-state index in [1.54, 1.807) is 6.07 Å². The molecule has 5 rings (SSSR count). The van der Waals surface area contributed by atoms with Crippen LogP contribution in [0.4, 0.5) is 5.00 Å². The Morgan fingerprint density at radius 1 is 1.20 bits per heavy atom. The summed E-state index contributed by atoms with van der Waals surface area (Å²) in [5.41, 5.74) is 1.68. The van der Waals surface area contributed by atoms with Crippen molar-refractivity contribution in [2.24, 2.45) is 5.92 Å². The zero-order valence-corrected chi connectivity index (χ0v) is 21.2. The summed E-state index contributed by atoms with van der Waals surface area (Å²) in [7, 11) is -3.68. The maximum Gasteiger partial charge on any atom is 0.243 e. The molecule has 0 spiro atoms. The second-order valence-electron chi connectivity index (χ2n) is 9.20. The zero-order chi connectivity index (χ0) is 24.6. The van der Waals surface area contributed by atoms with Gasteiger partial charge >= 0.3 is 0 Å². The molecule has 1 saturated heterocycles. The maximum atomic E-state index is 13.1. The number of piperazine rings is 1. The Balaban J connectivity index is 1.18. The van der Waals surface area contributed by atoms with Gasteiger partial charge in [-0.3, -0.25) is 9.69 Å². The summed E-state index contributed by atoms with van der Waals surface area (Å²) in [5, 5.41) is 13.2. The van der Waals surface area contributed by atoms with E-state index in [-0.39, 0.29) is 17.3 Å². The molecule has 11 heteroatoms. The summed E-state index contributed by atoms with van der Waals surface area (Å²) in [4.78, 5) is 16.1. The molecule has 1 unspecified atom stereocenters. The average Bonchev–Trinajstić information content (AvgIpc) is 3.19. The molecule has 0 saturated carbocycles. The number of hydrogen-bond donors (Lipinski definition) is 1. The van der Waals surface area contributed by atoms with E-state index in [1.165, 1.54) is 32.7 Å². The van der Waals surface area contributed by atoms with Gasteiger partial charge in [0.1, 0.15) is 24.3 Å². The van der Waals surface area contributed by atoms with Crippen LogP contribution in [-0.4, -0.2) is 69.5 Å². The van der Waals surface area contributed by atoms with Crippen LogP contribution in [0.5, 0.6) is 11.5 Å². The van der Waals surface area contributed by atoms with Crippen molar-refractivity contribution < 1.29 is 22.7 Å². The number of nitrogens with zero attached hydrogens (tertiary/aromatic N) is 3. The molecular formula is C24H28N4O5S2. The van der Waals surface area contributed by atoms with Crippen LogP contribution >= 0.6 is 11.3 Å². The van der Waals surface area contributed by atoms with E-state index >= 15 is 0 Å². The average molecular weight is 517 g/mol. The van der Waals surface area contributed by atoms with Gasteiger partial charge in [-0.15, -0.1) is 11.3 Å². The monoisotopic (exact) mass is 516 g/mol. The number of nitrogens with one attached hydrogen (secondary N) is 1. The van der Waals surface area contributed by atoms with E-state index in [1.807, 2.05) is 4.90 Å². The second kappa shape index (κ2) is 9.78. The van der Waals surface area contributed by atoms with Crippen LogP contribution in [0.3, 0.4) is 0 Å². The lowest BCUT2D eigenvalue weighted by Gasteiger charge is -2.33. The molecule has 1 aromatic heterocycles. The third-order valence-corrected chi connectivity index (χ3v) is 9.79. The number of carbonyl (C=O) groups excluding carboxylic acids is 1. The first-order chi connectivity index (χ1) is 16.8. The Morgan fingerprint density at radius 2 is 1.94 bits per heavy atom. The number of rotatable bonds is 5. The Hall–Kier alpha value is -2.65. The van der Waals surface area contributed by atoms with Crippen LogP contribution in [0.25, 0.3) is 0 Å². The third-order valence-electron chi connectivity index (χ3n) is 6.73. The van der Waals surface area contributed by atoms with Crippen molar-refractivity contribution in [3.8, 4) is 17.6 Å². The lowest BCUT2D eigenvalue weighted by atomic mass is 9.89. The van der Waals surface area contributed by atoms with Crippen molar-refractivity contribution in [3.63, 3.8) is 0 Å². The predicted molar refractivity (Wildman–Crippen MR) is 131 cm³/mol. The van der Waals surface area contributed by atoms with Crippen LogP contribution in [0, 0.1) is 17.2 Å². The SMILES string of the molecule is CC1CCc2c(sc(NC(=O)CN3CCN(S(=O)(=O)c4ccc5c(c4)OCCO5)CC3)c2C#N)C1. The number of fused-ring (bicyclic) bond motifs is 2. The lowest BCUT2D eigenvalue weighted by molar-refractivity contribution is -0.117. The van der Waals surface area contributed by atoms with Crippen molar-refractivity contribution in [1.82, 2.24) is 9.21 Å². The fraction of sp³-hybridized carbons (Fsp3) is 0.500. The Labute approximate surface area is 209 Å².